The molecule has 0 bridgehead atoms. The summed E-state index contributed by atoms with van der Waals surface area (Å²) >= 11 is 0. The van der Waals surface area contributed by atoms with E-state index in [-0.39, 0.29) is 0 Å². The molecule has 2 aromatic carbocycles. The number of aryl methyl sites for hydroxylation is 2. The molecule has 0 heterocycles. The van der Waals surface area contributed by atoms with Crippen LogP contribution in [-0.2, 0) is 0 Å². The van der Waals surface area contributed by atoms with E-state index in [1.54, 1.807) is 6.07 Å². The first kappa shape index (κ1) is 11.4. The van der Waals surface area contributed by atoms with Gasteiger partial charge in [0.2, 0.25) is 0 Å². The van der Waals surface area contributed by atoms with Gasteiger partial charge in [-0.1, -0.05) is 47.5 Å². The number of carbonyl (C=O) groups is 1. The van der Waals surface area contributed by atoms with Crippen LogP contribution in [0.5, 0.6) is 0 Å². The van der Waals surface area contributed by atoms with Gasteiger partial charge in [0.1, 0.15) is 0 Å². The van der Waals surface area contributed by atoms with E-state index >= 15 is 0 Å². The molecular formula is C15H14O2. The lowest BCUT2D eigenvalue weighted by Gasteiger charge is -2.08. The zero-order chi connectivity index (χ0) is 12.4. The van der Waals surface area contributed by atoms with E-state index < -0.39 is 5.97 Å². The summed E-state index contributed by atoms with van der Waals surface area (Å²) in [5, 5.41) is 9.22. The maximum absolute atomic E-state index is 11.2. The number of carboxylic acid groups (broad SMARTS) is 1. The Hall–Kier alpha value is -2.09. The summed E-state index contributed by atoms with van der Waals surface area (Å²) in [7, 11) is 0. The summed E-state index contributed by atoms with van der Waals surface area (Å²) in [5.41, 5.74) is 4.16. The number of hydrogen-bond acceptors (Lipinski definition) is 1. The molecular weight excluding hydrogens is 212 g/mol. The van der Waals surface area contributed by atoms with Gasteiger partial charge >= 0.3 is 5.97 Å². The van der Waals surface area contributed by atoms with Gasteiger partial charge in [0.25, 0.3) is 0 Å². The van der Waals surface area contributed by atoms with Crippen LogP contribution in [-0.4, -0.2) is 11.1 Å². The van der Waals surface area contributed by atoms with Gasteiger partial charge in [-0.15, -0.1) is 0 Å². The van der Waals surface area contributed by atoms with Crippen molar-refractivity contribution in [1.29, 1.82) is 0 Å². The van der Waals surface area contributed by atoms with E-state index in [9.17, 15) is 9.90 Å². The fourth-order valence-electron chi connectivity index (χ4n) is 1.90. The third-order valence-corrected chi connectivity index (χ3v) is 2.73. The summed E-state index contributed by atoms with van der Waals surface area (Å²) in [5.74, 6) is -0.884. The molecule has 2 nitrogen and oxygen atoms in total. The predicted molar refractivity (Wildman–Crippen MR) is 68.3 cm³/mol. The van der Waals surface area contributed by atoms with Crippen LogP contribution in [0.2, 0.25) is 0 Å². The third-order valence-electron chi connectivity index (χ3n) is 2.73. The van der Waals surface area contributed by atoms with Crippen LogP contribution in [0.15, 0.2) is 42.5 Å². The topological polar surface area (TPSA) is 37.3 Å². The zero-order valence-corrected chi connectivity index (χ0v) is 9.90. The Labute approximate surface area is 101 Å². The average Bonchev–Trinajstić information content (AvgIpc) is 2.28. The van der Waals surface area contributed by atoms with Gasteiger partial charge in [-0.3, -0.25) is 0 Å². The van der Waals surface area contributed by atoms with Crippen LogP contribution in [0.25, 0.3) is 11.1 Å². The predicted octanol–water partition coefficient (Wildman–Crippen LogP) is 3.67. The Morgan fingerprint density at radius 1 is 1.00 bits per heavy atom. The zero-order valence-electron chi connectivity index (χ0n) is 9.90. The summed E-state index contributed by atoms with van der Waals surface area (Å²) in [6, 6.07) is 13.4. The molecule has 2 aromatic rings. The van der Waals surface area contributed by atoms with E-state index in [1.807, 2.05) is 50.2 Å². The summed E-state index contributed by atoms with van der Waals surface area (Å²) in [6.45, 7) is 3.89. The van der Waals surface area contributed by atoms with Crippen LogP contribution in [0, 0.1) is 13.8 Å². The second-order valence-corrected chi connectivity index (χ2v) is 4.22. The molecule has 2 heteroatoms. The van der Waals surface area contributed by atoms with Gasteiger partial charge < -0.3 is 5.11 Å². The smallest absolute Gasteiger partial charge is 0.336 e. The highest BCUT2D eigenvalue weighted by atomic mass is 16.4. The average molecular weight is 226 g/mol. The maximum Gasteiger partial charge on any atom is 0.336 e. The van der Waals surface area contributed by atoms with Gasteiger partial charge in [0.05, 0.1) is 5.56 Å². The van der Waals surface area contributed by atoms with Crippen molar-refractivity contribution < 1.29 is 9.90 Å². The number of hydrogen-bond donors (Lipinski definition) is 1. The van der Waals surface area contributed by atoms with Crippen molar-refractivity contribution in [2.75, 3.05) is 0 Å². The molecule has 0 saturated carbocycles. The SMILES string of the molecule is Cc1cccc(-c2ccc(C)cc2C(=O)O)c1. The van der Waals surface area contributed by atoms with E-state index in [1.165, 1.54) is 0 Å². The molecule has 0 aromatic heterocycles. The molecule has 0 aliphatic rings. The molecule has 0 fully saturated rings. The third kappa shape index (κ3) is 2.36. The minimum atomic E-state index is -0.884. The molecule has 0 saturated heterocycles. The molecule has 86 valence electrons. The standard InChI is InChI=1S/C15H14O2/c1-10-4-3-5-12(8-10)13-7-6-11(2)9-14(13)15(16)17/h3-9H,1-2H3,(H,16,17). The molecule has 0 atom stereocenters. The first-order chi connectivity index (χ1) is 8.08. The van der Waals surface area contributed by atoms with Gasteiger partial charge in [0.15, 0.2) is 0 Å². The van der Waals surface area contributed by atoms with Gasteiger partial charge in [-0.2, -0.15) is 0 Å². The lowest BCUT2D eigenvalue weighted by molar-refractivity contribution is 0.0697. The summed E-state index contributed by atoms with van der Waals surface area (Å²) in [4.78, 5) is 11.2. The number of benzene rings is 2. The van der Waals surface area contributed by atoms with Gasteiger partial charge in [-0.05, 0) is 31.0 Å². The van der Waals surface area contributed by atoms with Gasteiger partial charge in [0, 0.05) is 0 Å². The molecule has 0 radical (unpaired) electrons. The van der Waals surface area contributed by atoms with Crippen molar-refractivity contribution in [2.45, 2.75) is 13.8 Å². The summed E-state index contributed by atoms with van der Waals surface area (Å²) < 4.78 is 0. The fourth-order valence-corrected chi connectivity index (χ4v) is 1.90. The second kappa shape index (κ2) is 4.42. The van der Waals surface area contributed by atoms with Crippen molar-refractivity contribution in [3.63, 3.8) is 0 Å². The highest BCUT2D eigenvalue weighted by Crippen LogP contribution is 2.25. The quantitative estimate of drug-likeness (QED) is 0.848. The highest BCUT2D eigenvalue weighted by Gasteiger charge is 2.11. The van der Waals surface area contributed by atoms with Crippen LogP contribution in [0.1, 0.15) is 21.5 Å². The fraction of sp³-hybridized carbons (Fsp3) is 0.133. The Bertz CT molecular complexity index is 571. The first-order valence-corrected chi connectivity index (χ1v) is 5.49. The van der Waals surface area contributed by atoms with Crippen LogP contribution >= 0.6 is 0 Å². The number of aromatic carboxylic acids is 1. The molecule has 0 aliphatic carbocycles. The molecule has 2 rings (SSSR count). The number of rotatable bonds is 2. The number of carboxylic acids is 1. The van der Waals surface area contributed by atoms with E-state index in [0.717, 1.165) is 22.3 Å². The molecule has 17 heavy (non-hydrogen) atoms. The van der Waals surface area contributed by atoms with Crippen molar-refractivity contribution in [1.82, 2.24) is 0 Å². The maximum atomic E-state index is 11.2. The molecule has 0 amide bonds. The highest BCUT2D eigenvalue weighted by molar-refractivity contribution is 5.96. The second-order valence-electron chi connectivity index (χ2n) is 4.22. The van der Waals surface area contributed by atoms with Crippen LogP contribution < -0.4 is 0 Å². The molecule has 0 aliphatic heterocycles. The van der Waals surface area contributed by atoms with E-state index in [2.05, 4.69) is 0 Å². The molecule has 0 spiro atoms. The van der Waals surface area contributed by atoms with Crippen molar-refractivity contribution >= 4 is 5.97 Å². The van der Waals surface area contributed by atoms with Crippen molar-refractivity contribution in [3.8, 4) is 11.1 Å². The first-order valence-electron chi connectivity index (χ1n) is 5.49. The summed E-state index contributed by atoms with van der Waals surface area (Å²) in [6.07, 6.45) is 0. The van der Waals surface area contributed by atoms with Gasteiger partial charge in [-0.25, -0.2) is 4.79 Å². The van der Waals surface area contributed by atoms with Crippen LogP contribution in [0.3, 0.4) is 0 Å². The Morgan fingerprint density at radius 2 is 1.71 bits per heavy atom. The van der Waals surface area contributed by atoms with Crippen molar-refractivity contribution in [2.24, 2.45) is 0 Å². The molecule has 0 unspecified atom stereocenters. The van der Waals surface area contributed by atoms with Crippen LogP contribution in [0.4, 0.5) is 0 Å². The minimum absolute atomic E-state index is 0.357. The lowest BCUT2D eigenvalue weighted by atomic mass is 9.97. The van der Waals surface area contributed by atoms with Crippen molar-refractivity contribution in [3.05, 3.63) is 59.2 Å². The van der Waals surface area contributed by atoms with E-state index in [4.69, 9.17) is 0 Å². The molecule has 1 N–H and O–H groups in total. The normalized spacial score (nSPS) is 10.2. The van der Waals surface area contributed by atoms with E-state index in [0.29, 0.717) is 5.56 Å². The Kier molecular flexibility index (Phi) is 2.96. The lowest BCUT2D eigenvalue weighted by Crippen LogP contribution is -2.00. The monoisotopic (exact) mass is 226 g/mol. The minimum Gasteiger partial charge on any atom is -0.478 e. The Balaban J connectivity index is 2.63. The Morgan fingerprint density at radius 3 is 2.35 bits per heavy atom. The largest absolute Gasteiger partial charge is 0.478 e.